The first-order chi connectivity index (χ1) is 13.6. The van der Waals surface area contributed by atoms with Gasteiger partial charge >= 0.3 is 0 Å². The van der Waals surface area contributed by atoms with Crippen molar-refractivity contribution in [3.8, 4) is 17.2 Å². The van der Waals surface area contributed by atoms with Crippen LogP contribution in [0.1, 0.15) is 33.5 Å². The molecule has 2 heterocycles. The first-order valence-corrected chi connectivity index (χ1v) is 8.74. The van der Waals surface area contributed by atoms with E-state index in [0.29, 0.717) is 24.5 Å². The van der Waals surface area contributed by atoms with E-state index in [2.05, 4.69) is 10.3 Å². The van der Waals surface area contributed by atoms with Crippen molar-refractivity contribution in [3.05, 3.63) is 71.4 Å². The van der Waals surface area contributed by atoms with Gasteiger partial charge in [-0.1, -0.05) is 18.2 Å². The molecule has 0 aliphatic carbocycles. The predicted molar refractivity (Wildman–Crippen MR) is 99.0 cm³/mol. The minimum Gasteiger partial charge on any atom is -0.508 e. The Morgan fingerprint density at radius 2 is 1.89 bits per heavy atom. The second-order valence-electron chi connectivity index (χ2n) is 6.42. The van der Waals surface area contributed by atoms with E-state index in [9.17, 15) is 9.90 Å². The van der Waals surface area contributed by atoms with Gasteiger partial charge in [-0.15, -0.1) is 0 Å². The molecule has 0 saturated carbocycles. The van der Waals surface area contributed by atoms with Crippen molar-refractivity contribution < 1.29 is 23.8 Å². The number of amides is 1. The quantitative estimate of drug-likeness (QED) is 0.599. The highest BCUT2D eigenvalue weighted by molar-refractivity contribution is 5.91. The number of fused-ring (bicyclic) bond motifs is 1. The predicted octanol–water partition coefficient (Wildman–Crippen LogP) is 2.28. The molecule has 1 atom stereocenters. The number of oxazole rings is 1. The number of nitrogens with one attached hydrogen (secondary N) is 1. The number of ether oxygens (including phenoxy) is 2. The van der Waals surface area contributed by atoms with Crippen LogP contribution in [0.25, 0.3) is 0 Å². The molecule has 1 aliphatic rings. The van der Waals surface area contributed by atoms with Crippen LogP contribution < -0.4 is 20.5 Å². The SMILES string of the molecule is NC(Cc1ccc(O)cc1)c1nc(C(=O)NCc2ccc3c(c2)OCO3)co1. The zero-order valence-electron chi connectivity index (χ0n) is 14.9. The molecule has 144 valence electrons. The second kappa shape index (κ2) is 7.61. The molecule has 2 aromatic carbocycles. The van der Waals surface area contributed by atoms with Gasteiger partial charge in [0.25, 0.3) is 5.91 Å². The maximum absolute atomic E-state index is 12.3. The van der Waals surface area contributed by atoms with Crippen LogP contribution in [-0.2, 0) is 13.0 Å². The average Bonchev–Trinajstić information content (AvgIpc) is 3.37. The highest BCUT2D eigenvalue weighted by Crippen LogP contribution is 2.32. The Balaban J connectivity index is 1.35. The molecule has 3 aromatic rings. The molecule has 1 unspecified atom stereocenters. The number of hydrogen-bond acceptors (Lipinski definition) is 7. The van der Waals surface area contributed by atoms with Gasteiger partial charge in [-0.05, 0) is 41.8 Å². The Hall–Kier alpha value is -3.52. The molecular weight excluding hydrogens is 362 g/mol. The molecule has 4 rings (SSSR count). The molecule has 8 nitrogen and oxygen atoms in total. The number of benzene rings is 2. The molecule has 0 spiro atoms. The Morgan fingerprint density at radius 1 is 1.14 bits per heavy atom. The zero-order valence-corrected chi connectivity index (χ0v) is 14.9. The fourth-order valence-electron chi connectivity index (χ4n) is 2.86. The third-order valence-electron chi connectivity index (χ3n) is 4.35. The van der Waals surface area contributed by atoms with E-state index in [0.717, 1.165) is 11.1 Å². The Bertz CT molecular complexity index is 984. The topological polar surface area (TPSA) is 120 Å². The number of carbonyl (C=O) groups excluding carboxylic acids is 1. The lowest BCUT2D eigenvalue weighted by molar-refractivity contribution is 0.0945. The average molecular weight is 381 g/mol. The van der Waals surface area contributed by atoms with E-state index >= 15 is 0 Å². The first-order valence-electron chi connectivity index (χ1n) is 8.74. The Kier molecular flexibility index (Phi) is 4.86. The van der Waals surface area contributed by atoms with Crippen molar-refractivity contribution in [1.29, 1.82) is 0 Å². The number of nitrogens with two attached hydrogens (primary N) is 1. The van der Waals surface area contributed by atoms with E-state index in [4.69, 9.17) is 19.6 Å². The van der Waals surface area contributed by atoms with Crippen molar-refractivity contribution in [2.75, 3.05) is 6.79 Å². The number of aromatic hydroxyl groups is 1. The van der Waals surface area contributed by atoms with Crippen LogP contribution in [0.3, 0.4) is 0 Å². The summed E-state index contributed by atoms with van der Waals surface area (Å²) in [4.78, 5) is 16.5. The number of phenols is 1. The third kappa shape index (κ3) is 3.91. The largest absolute Gasteiger partial charge is 0.508 e. The highest BCUT2D eigenvalue weighted by atomic mass is 16.7. The Labute approximate surface area is 160 Å². The monoisotopic (exact) mass is 381 g/mol. The summed E-state index contributed by atoms with van der Waals surface area (Å²) in [6.45, 7) is 0.522. The summed E-state index contributed by atoms with van der Waals surface area (Å²) in [5.74, 6) is 1.47. The van der Waals surface area contributed by atoms with Crippen molar-refractivity contribution in [2.24, 2.45) is 5.73 Å². The van der Waals surface area contributed by atoms with E-state index in [1.807, 2.05) is 12.1 Å². The molecule has 0 fully saturated rings. The lowest BCUT2D eigenvalue weighted by Crippen LogP contribution is -2.23. The fourth-order valence-corrected chi connectivity index (χ4v) is 2.86. The van der Waals surface area contributed by atoms with Crippen LogP contribution >= 0.6 is 0 Å². The summed E-state index contributed by atoms with van der Waals surface area (Å²) in [6, 6.07) is 11.7. The standard InChI is InChI=1S/C20H19N3O5/c21-15(7-12-1-4-14(24)5-2-12)20-23-16(10-26-20)19(25)22-9-13-3-6-17-18(8-13)28-11-27-17/h1-6,8,10,15,24H,7,9,11,21H2,(H,22,25). The molecule has 28 heavy (non-hydrogen) atoms. The van der Waals surface area contributed by atoms with Gasteiger partial charge in [0, 0.05) is 6.54 Å². The van der Waals surface area contributed by atoms with Gasteiger partial charge in [0.2, 0.25) is 12.7 Å². The smallest absolute Gasteiger partial charge is 0.273 e. The molecule has 1 aliphatic heterocycles. The summed E-state index contributed by atoms with van der Waals surface area (Å²) in [5.41, 5.74) is 8.09. The summed E-state index contributed by atoms with van der Waals surface area (Å²) in [6.07, 6.45) is 1.76. The van der Waals surface area contributed by atoms with Gasteiger partial charge in [0.15, 0.2) is 17.2 Å². The van der Waals surface area contributed by atoms with Gasteiger partial charge in [0.1, 0.15) is 12.0 Å². The summed E-state index contributed by atoms with van der Waals surface area (Å²) in [5, 5.41) is 12.1. The number of nitrogens with zero attached hydrogens (tertiary/aromatic N) is 1. The van der Waals surface area contributed by atoms with Gasteiger partial charge in [-0.25, -0.2) is 4.98 Å². The van der Waals surface area contributed by atoms with Crippen LogP contribution in [0, 0.1) is 0 Å². The van der Waals surface area contributed by atoms with Gasteiger partial charge < -0.3 is 30.0 Å². The maximum atomic E-state index is 12.3. The number of aromatic nitrogens is 1. The van der Waals surface area contributed by atoms with Crippen LogP contribution in [-0.4, -0.2) is 22.8 Å². The van der Waals surface area contributed by atoms with Gasteiger partial charge in [-0.3, -0.25) is 4.79 Å². The first kappa shape index (κ1) is 17.9. The Morgan fingerprint density at radius 3 is 2.71 bits per heavy atom. The molecule has 4 N–H and O–H groups in total. The second-order valence-corrected chi connectivity index (χ2v) is 6.42. The molecule has 1 aromatic heterocycles. The van der Waals surface area contributed by atoms with Crippen LogP contribution in [0.15, 0.2) is 53.1 Å². The molecular formula is C20H19N3O5. The molecule has 0 bridgehead atoms. The number of carbonyl (C=O) groups is 1. The number of hydrogen-bond donors (Lipinski definition) is 3. The molecule has 1 amide bonds. The fraction of sp³-hybridized carbons (Fsp3) is 0.200. The van der Waals surface area contributed by atoms with Crippen LogP contribution in [0.5, 0.6) is 17.2 Å². The van der Waals surface area contributed by atoms with Crippen molar-refractivity contribution >= 4 is 5.91 Å². The summed E-state index contributed by atoms with van der Waals surface area (Å²) < 4.78 is 16.0. The number of rotatable bonds is 6. The minimum absolute atomic E-state index is 0.164. The summed E-state index contributed by atoms with van der Waals surface area (Å²) >= 11 is 0. The maximum Gasteiger partial charge on any atom is 0.273 e. The van der Waals surface area contributed by atoms with Crippen LogP contribution in [0.2, 0.25) is 0 Å². The lowest BCUT2D eigenvalue weighted by Gasteiger charge is -2.07. The number of phenolic OH excluding ortho intramolecular Hbond substituents is 1. The highest BCUT2D eigenvalue weighted by Gasteiger charge is 2.18. The molecule has 0 radical (unpaired) electrons. The van der Waals surface area contributed by atoms with Crippen molar-refractivity contribution in [2.45, 2.75) is 19.0 Å². The normalized spacial score (nSPS) is 13.3. The van der Waals surface area contributed by atoms with E-state index in [1.165, 1.54) is 6.26 Å². The van der Waals surface area contributed by atoms with Crippen LogP contribution in [0.4, 0.5) is 0 Å². The third-order valence-corrected chi connectivity index (χ3v) is 4.35. The van der Waals surface area contributed by atoms with Gasteiger partial charge in [-0.2, -0.15) is 0 Å². The van der Waals surface area contributed by atoms with E-state index in [1.54, 1.807) is 30.3 Å². The van der Waals surface area contributed by atoms with E-state index < -0.39 is 6.04 Å². The van der Waals surface area contributed by atoms with Gasteiger partial charge in [0.05, 0.1) is 6.04 Å². The van der Waals surface area contributed by atoms with Crippen molar-refractivity contribution in [3.63, 3.8) is 0 Å². The molecule has 8 heteroatoms. The zero-order chi connectivity index (χ0) is 19.5. The van der Waals surface area contributed by atoms with Crippen molar-refractivity contribution in [1.82, 2.24) is 10.3 Å². The summed E-state index contributed by atoms with van der Waals surface area (Å²) in [7, 11) is 0. The van der Waals surface area contributed by atoms with E-state index in [-0.39, 0.29) is 30.0 Å². The molecule has 0 saturated heterocycles. The lowest BCUT2D eigenvalue weighted by atomic mass is 10.1. The minimum atomic E-state index is -0.500.